The first kappa shape index (κ1) is 26.3. The summed E-state index contributed by atoms with van der Waals surface area (Å²) in [6, 6.07) is 0. The third-order valence-corrected chi connectivity index (χ3v) is 11.6. The Morgan fingerprint density at radius 2 is 1.77 bits per heavy atom. The summed E-state index contributed by atoms with van der Waals surface area (Å²) >= 11 is 4.02. The highest BCUT2D eigenvalue weighted by Gasteiger charge is 2.76. The molecule has 0 saturated heterocycles. The standard InChI is InChI=1S/C27H35BrO7/c1-14-9-21-20-10-15(2)27(35-17(4)30,23(33)13-34-16(3)29)25(20,6)12-22(32)26(21,28)24(5)8-7-18(31)11-19(14)24/h7-8,11,14-15,20-22,32H,9-10,12-13H2,1-6H3/t14-,15-,20-,21-,22-,24-,25-,26-,27-/m0/s1. The topological polar surface area (TPSA) is 107 Å². The number of ketones is 2. The number of carbonyl (C=O) groups is 4. The molecule has 0 unspecified atom stereocenters. The fourth-order valence-corrected chi connectivity index (χ4v) is 9.32. The molecule has 0 aromatic carbocycles. The average Bonchev–Trinajstić information content (AvgIpc) is 2.97. The monoisotopic (exact) mass is 550 g/mol. The average molecular weight is 551 g/mol. The number of hydrogen-bond acceptors (Lipinski definition) is 7. The van der Waals surface area contributed by atoms with Crippen molar-refractivity contribution in [1.29, 1.82) is 0 Å². The van der Waals surface area contributed by atoms with Crippen LogP contribution in [0.4, 0.5) is 0 Å². The molecule has 3 saturated carbocycles. The molecule has 0 aromatic heterocycles. The van der Waals surface area contributed by atoms with E-state index in [-0.39, 0.29) is 35.9 Å². The first-order valence-electron chi connectivity index (χ1n) is 12.3. The van der Waals surface area contributed by atoms with Crippen LogP contribution in [0.3, 0.4) is 0 Å². The second kappa shape index (κ2) is 8.37. The molecule has 0 amide bonds. The Hall–Kier alpha value is -1.80. The highest BCUT2D eigenvalue weighted by molar-refractivity contribution is 9.10. The summed E-state index contributed by atoms with van der Waals surface area (Å²) in [5.74, 6) is -2.03. The van der Waals surface area contributed by atoms with Gasteiger partial charge in [-0.05, 0) is 49.2 Å². The van der Waals surface area contributed by atoms with Crippen LogP contribution in [-0.2, 0) is 28.7 Å². The summed E-state index contributed by atoms with van der Waals surface area (Å²) in [5, 5.41) is 11.9. The molecular weight excluding hydrogens is 516 g/mol. The van der Waals surface area contributed by atoms with Crippen LogP contribution in [0.1, 0.15) is 60.8 Å². The molecule has 0 aliphatic heterocycles. The number of esters is 2. The maximum atomic E-state index is 13.7. The van der Waals surface area contributed by atoms with E-state index in [2.05, 4.69) is 29.8 Å². The third kappa shape index (κ3) is 3.38. The predicted octanol–water partition coefficient (Wildman–Crippen LogP) is 3.71. The van der Waals surface area contributed by atoms with Crippen molar-refractivity contribution in [2.24, 2.45) is 34.5 Å². The van der Waals surface area contributed by atoms with Crippen molar-refractivity contribution in [1.82, 2.24) is 0 Å². The lowest BCUT2D eigenvalue weighted by Crippen LogP contribution is -2.70. The Morgan fingerprint density at radius 1 is 1.11 bits per heavy atom. The molecular formula is C27H35BrO7. The fraction of sp³-hybridized carbons (Fsp3) is 0.704. The van der Waals surface area contributed by atoms with Crippen molar-refractivity contribution in [3.63, 3.8) is 0 Å². The number of carbonyl (C=O) groups excluding carboxylic acids is 4. The van der Waals surface area contributed by atoms with Gasteiger partial charge in [0.1, 0.15) is 0 Å². The maximum Gasteiger partial charge on any atom is 0.303 e. The van der Waals surface area contributed by atoms with Crippen LogP contribution in [0.25, 0.3) is 0 Å². The molecule has 1 N–H and O–H groups in total. The van der Waals surface area contributed by atoms with Gasteiger partial charge in [0.2, 0.25) is 5.78 Å². The largest absolute Gasteiger partial charge is 0.458 e. The number of aliphatic hydroxyl groups is 1. The molecule has 0 radical (unpaired) electrons. The number of alkyl halides is 1. The van der Waals surface area contributed by atoms with Crippen LogP contribution in [0.2, 0.25) is 0 Å². The minimum absolute atomic E-state index is 0.0477. The first-order chi connectivity index (χ1) is 16.1. The van der Waals surface area contributed by atoms with Gasteiger partial charge in [0.15, 0.2) is 18.0 Å². The number of ether oxygens (including phenoxy) is 2. The van der Waals surface area contributed by atoms with Crippen molar-refractivity contribution in [2.75, 3.05) is 6.61 Å². The number of hydrogen-bond donors (Lipinski definition) is 1. The maximum absolute atomic E-state index is 13.7. The molecule has 3 fully saturated rings. The molecule has 4 aliphatic rings. The zero-order chi connectivity index (χ0) is 26.1. The van der Waals surface area contributed by atoms with Crippen molar-refractivity contribution < 1.29 is 33.8 Å². The second-order valence-electron chi connectivity index (χ2n) is 11.5. The van der Waals surface area contributed by atoms with Gasteiger partial charge in [0, 0.05) is 30.6 Å². The second-order valence-corrected chi connectivity index (χ2v) is 12.8. The zero-order valence-electron chi connectivity index (χ0n) is 21.2. The van der Waals surface area contributed by atoms with E-state index < -0.39 is 51.2 Å². The molecule has 8 heteroatoms. The summed E-state index contributed by atoms with van der Waals surface area (Å²) in [6.07, 6.45) is 5.84. The number of Topliss-reactive ketones (excluding diaryl/α,β-unsaturated/α-hetero) is 1. The third-order valence-electron chi connectivity index (χ3n) is 9.63. The summed E-state index contributed by atoms with van der Waals surface area (Å²) in [4.78, 5) is 49.8. The summed E-state index contributed by atoms with van der Waals surface area (Å²) in [6.45, 7) is 10.0. The summed E-state index contributed by atoms with van der Waals surface area (Å²) < 4.78 is 10.2. The lowest BCUT2D eigenvalue weighted by Gasteiger charge is -2.65. The normalized spacial score (nSPS) is 46.1. The van der Waals surface area contributed by atoms with E-state index in [0.717, 1.165) is 5.57 Å². The van der Waals surface area contributed by atoms with Crippen LogP contribution in [0.15, 0.2) is 23.8 Å². The quantitative estimate of drug-likeness (QED) is 0.420. The van der Waals surface area contributed by atoms with E-state index in [9.17, 15) is 24.3 Å². The number of aliphatic hydroxyl groups excluding tert-OH is 1. The highest BCUT2D eigenvalue weighted by Crippen LogP contribution is 2.73. The van der Waals surface area contributed by atoms with E-state index in [0.29, 0.717) is 12.8 Å². The van der Waals surface area contributed by atoms with Gasteiger partial charge in [0.25, 0.3) is 0 Å². The van der Waals surface area contributed by atoms with Crippen LogP contribution < -0.4 is 0 Å². The van der Waals surface area contributed by atoms with Gasteiger partial charge in [-0.25, -0.2) is 0 Å². The van der Waals surface area contributed by atoms with Gasteiger partial charge in [-0.2, -0.15) is 0 Å². The van der Waals surface area contributed by atoms with Gasteiger partial charge in [0.05, 0.1) is 10.4 Å². The number of allylic oxidation sites excluding steroid dienone is 4. The Labute approximate surface area is 214 Å². The van der Waals surface area contributed by atoms with Crippen molar-refractivity contribution in [3.8, 4) is 0 Å². The molecule has 0 aromatic rings. The lowest BCUT2D eigenvalue weighted by molar-refractivity contribution is -0.202. The van der Waals surface area contributed by atoms with Gasteiger partial charge >= 0.3 is 11.9 Å². The Balaban J connectivity index is 1.85. The van der Waals surface area contributed by atoms with Gasteiger partial charge in [-0.3, -0.25) is 19.2 Å². The van der Waals surface area contributed by atoms with E-state index in [1.807, 2.05) is 19.9 Å². The van der Waals surface area contributed by atoms with Crippen LogP contribution in [0, 0.1) is 34.5 Å². The van der Waals surface area contributed by atoms with E-state index in [4.69, 9.17) is 9.47 Å². The van der Waals surface area contributed by atoms with E-state index in [1.54, 1.807) is 12.2 Å². The van der Waals surface area contributed by atoms with Crippen LogP contribution in [-0.4, -0.2) is 51.2 Å². The van der Waals surface area contributed by atoms with Gasteiger partial charge in [-0.1, -0.05) is 55.3 Å². The van der Waals surface area contributed by atoms with E-state index >= 15 is 0 Å². The predicted molar refractivity (Wildman–Crippen MR) is 131 cm³/mol. The lowest BCUT2D eigenvalue weighted by atomic mass is 9.44. The minimum atomic E-state index is -1.52. The molecule has 35 heavy (non-hydrogen) atoms. The zero-order valence-corrected chi connectivity index (χ0v) is 22.8. The molecule has 9 atom stereocenters. The Bertz CT molecular complexity index is 1050. The van der Waals surface area contributed by atoms with Crippen molar-refractivity contribution in [2.45, 2.75) is 76.8 Å². The molecule has 4 aliphatic carbocycles. The molecule has 4 rings (SSSR count). The van der Waals surface area contributed by atoms with Gasteiger partial charge < -0.3 is 14.6 Å². The molecule has 0 bridgehead atoms. The van der Waals surface area contributed by atoms with Crippen molar-refractivity contribution >= 4 is 39.4 Å². The number of fused-ring (bicyclic) bond motifs is 5. The summed E-state index contributed by atoms with van der Waals surface area (Å²) in [7, 11) is 0. The molecule has 192 valence electrons. The van der Waals surface area contributed by atoms with Crippen molar-refractivity contribution in [3.05, 3.63) is 23.8 Å². The fourth-order valence-electron chi connectivity index (χ4n) is 8.29. The van der Waals surface area contributed by atoms with Gasteiger partial charge in [-0.15, -0.1) is 0 Å². The van der Waals surface area contributed by atoms with Crippen LogP contribution in [0.5, 0.6) is 0 Å². The van der Waals surface area contributed by atoms with Crippen LogP contribution >= 0.6 is 15.9 Å². The SMILES string of the molecule is CC(=O)OCC(=O)[C@@]1(OC(C)=O)[C@@H](C)C[C@H]2[C@@H]3C[C@H](C)C4=CC(=O)C=C[C@]4(C)[C@@]3(Br)[C@@H](O)C[C@@]21C. The van der Waals surface area contributed by atoms with E-state index in [1.165, 1.54) is 13.8 Å². The Kier molecular flexibility index (Phi) is 6.28. The molecule has 0 heterocycles. The number of halogens is 1. The minimum Gasteiger partial charge on any atom is -0.458 e. The highest BCUT2D eigenvalue weighted by atomic mass is 79.9. The first-order valence-corrected chi connectivity index (χ1v) is 13.1. The smallest absolute Gasteiger partial charge is 0.303 e. The molecule has 7 nitrogen and oxygen atoms in total. The Morgan fingerprint density at radius 3 is 2.37 bits per heavy atom. The number of rotatable bonds is 4. The molecule has 0 spiro atoms. The summed E-state index contributed by atoms with van der Waals surface area (Å²) in [5.41, 5.74) is -1.99.